The number of hydrogen-bond acceptors (Lipinski definition) is 4. The molecule has 1 aliphatic carbocycles. The molecule has 25 heavy (non-hydrogen) atoms. The lowest BCUT2D eigenvalue weighted by Gasteiger charge is -2.12. The highest BCUT2D eigenvalue weighted by Crippen LogP contribution is 2.23. The predicted molar refractivity (Wildman–Crippen MR) is 96.2 cm³/mol. The van der Waals surface area contributed by atoms with Crippen molar-refractivity contribution in [3.8, 4) is 11.6 Å². The summed E-state index contributed by atoms with van der Waals surface area (Å²) in [4.78, 5) is 16.5. The number of nitrogens with zero attached hydrogens (tertiary/aromatic N) is 1. The molecule has 1 saturated carbocycles. The van der Waals surface area contributed by atoms with Gasteiger partial charge in [0.05, 0.1) is 7.11 Å². The van der Waals surface area contributed by atoms with E-state index in [0.717, 1.165) is 30.6 Å². The molecule has 0 radical (unpaired) electrons. The van der Waals surface area contributed by atoms with Crippen LogP contribution in [0.2, 0.25) is 0 Å². The lowest BCUT2D eigenvalue weighted by Crippen LogP contribution is -2.25. The molecule has 0 aliphatic heterocycles. The maximum Gasteiger partial charge on any atom is 0.251 e. The fourth-order valence-corrected chi connectivity index (χ4v) is 3.04. The third-order valence-electron chi connectivity index (χ3n) is 4.42. The van der Waals surface area contributed by atoms with Crippen LogP contribution in [0.25, 0.3) is 0 Å². The van der Waals surface area contributed by atoms with Crippen LogP contribution < -0.4 is 14.8 Å². The normalized spacial score (nSPS) is 14.3. The Hall–Kier alpha value is -2.56. The van der Waals surface area contributed by atoms with E-state index in [1.165, 1.54) is 12.8 Å². The summed E-state index contributed by atoms with van der Waals surface area (Å²) in [6.07, 6.45) is 7.15. The Morgan fingerprint density at radius 2 is 2.08 bits per heavy atom. The Balaban J connectivity index is 1.52. The van der Waals surface area contributed by atoms with Gasteiger partial charge in [0.15, 0.2) is 0 Å². The van der Waals surface area contributed by atoms with Crippen molar-refractivity contribution < 1.29 is 14.3 Å². The summed E-state index contributed by atoms with van der Waals surface area (Å²) >= 11 is 0. The average Bonchev–Trinajstić information content (AvgIpc) is 3.15. The number of amides is 1. The van der Waals surface area contributed by atoms with E-state index in [0.29, 0.717) is 18.0 Å². The molecule has 132 valence electrons. The first kappa shape index (κ1) is 17.3. The first-order chi connectivity index (χ1) is 12.2. The smallest absolute Gasteiger partial charge is 0.251 e. The van der Waals surface area contributed by atoms with Crippen LogP contribution in [-0.4, -0.2) is 30.6 Å². The van der Waals surface area contributed by atoms with Gasteiger partial charge in [-0.1, -0.05) is 12.1 Å². The van der Waals surface area contributed by atoms with Gasteiger partial charge in [-0.15, -0.1) is 0 Å². The monoisotopic (exact) mass is 340 g/mol. The first-order valence-electron chi connectivity index (χ1n) is 8.78. The molecule has 1 N–H and O–H groups in total. The Labute approximate surface area is 148 Å². The second-order valence-electron chi connectivity index (χ2n) is 6.26. The zero-order valence-electron chi connectivity index (χ0n) is 14.5. The van der Waals surface area contributed by atoms with Crippen LogP contribution in [0.15, 0.2) is 42.6 Å². The third-order valence-corrected chi connectivity index (χ3v) is 4.42. The number of rotatable bonds is 7. The molecule has 2 aromatic rings. The van der Waals surface area contributed by atoms with Gasteiger partial charge in [-0.2, -0.15) is 0 Å². The van der Waals surface area contributed by atoms with Gasteiger partial charge in [0, 0.05) is 24.4 Å². The molecule has 0 bridgehead atoms. The second kappa shape index (κ2) is 8.51. The van der Waals surface area contributed by atoms with Gasteiger partial charge in [0.25, 0.3) is 5.91 Å². The second-order valence-corrected chi connectivity index (χ2v) is 6.26. The molecular weight excluding hydrogens is 316 g/mol. The summed E-state index contributed by atoms with van der Waals surface area (Å²) in [6.45, 7) is 0.563. The fraction of sp³-hybridized carbons (Fsp3) is 0.400. The third kappa shape index (κ3) is 4.95. The molecule has 1 aliphatic rings. The van der Waals surface area contributed by atoms with Gasteiger partial charge in [0.1, 0.15) is 11.9 Å². The molecule has 1 aromatic carbocycles. The van der Waals surface area contributed by atoms with Gasteiger partial charge in [-0.25, -0.2) is 4.98 Å². The lowest BCUT2D eigenvalue weighted by molar-refractivity contribution is 0.0953. The topological polar surface area (TPSA) is 60.5 Å². The quantitative estimate of drug-likeness (QED) is 0.839. The summed E-state index contributed by atoms with van der Waals surface area (Å²) in [7, 11) is 1.65. The van der Waals surface area contributed by atoms with E-state index in [1.54, 1.807) is 25.4 Å². The number of ether oxygens (including phenoxy) is 2. The van der Waals surface area contributed by atoms with E-state index < -0.39 is 0 Å². The summed E-state index contributed by atoms with van der Waals surface area (Å²) in [5.74, 6) is 1.25. The van der Waals surface area contributed by atoms with E-state index in [-0.39, 0.29) is 12.0 Å². The summed E-state index contributed by atoms with van der Waals surface area (Å²) < 4.78 is 11.1. The lowest BCUT2D eigenvalue weighted by atomic mass is 10.1. The van der Waals surface area contributed by atoms with Crippen molar-refractivity contribution in [1.82, 2.24) is 10.3 Å². The van der Waals surface area contributed by atoms with Crippen LogP contribution in [0, 0.1) is 0 Å². The van der Waals surface area contributed by atoms with E-state index in [1.807, 2.05) is 24.3 Å². The highest BCUT2D eigenvalue weighted by Gasteiger charge is 2.17. The van der Waals surface area contributed by atoms with Crippen molar-refractivity contribution in [3.63, 3.8) is 0 Å². The van der Waals surface area contributed by atoms with Crippen LogP contribution in [0.4, 0.5) is 0 Å². The Morgan fingerprint density at radius 3 is 2.88 bits per heavy atom. The summed E-state index contributed by atoms with van der Waals surface area (Å²) in [5.41, 5.74) is 1.70. The van der Waals surface area contributed by atoms with Crippen LogP contribution >= 0.6 is 0 Å². The van der Waals surface area contributed by atoms with Gasteiger partial charge < -0.3 is 14.8 Å². The SMILES string of the molecule is COc1cccc(CCNC(=O)c2ccnc(OC3CCCC3)c2)c1. The van der Waals surface area contributed by atoms with Crippen molar-refractivity contribution in [2.45, 2.75) is 38.2 Å². The minimum absolute atomic E-state index is 0.110. The van der Waals surface area contributed by atoms with Crippen molar-refractivity contribution in [2.24, 2.45) is 0 Å². The Kier molecular flexibility index (Phi) is 5.88. The molecular formula is C20H24N2O3. The van der Waals surface area contributed by atoms with Crippen molar-refractivity contribution >= 4 is 5.91 Å². The molecule has 0 spiro atoms. The largest absolute Gasteiger partial charge is 0.497 e. The van der Waals surface area contributed by atoms with Gasteiger partial charge in [0.2, 0.25) is 5.88 Å². The van der Waals surface area contributed by atoms with Gasteiger partial charge in [-0.3, -0.25) is 4.79 Å². The van der Waals surface area contributed by atoms with E-state index in [2.05, 4.69) is 10.3 Å². The minimum Gasteiger partial charge on any atom is -0.497 e. The van der Waals surface area contributed by atoms with Crippen molar-refractivity contribution in [2.75, 3.05) is 13.7 Å². The van der Waals surface area contributed by atoms with Crippen LogP contribution in [-0.2, 0) is 6.42 Å². The minimum atomic E-state index is -0.110. The molecule has 0 atom stereocenters. The van der Waals surface area contributed by atoms with Crippen LogP contribution in [0.3, 0.4) is 0 Å². The van der Waals surface area contributed by atoms with Crippen LogP contribution in [0.1, 0.15) is 41.6 Å². The molecule has 0 saturated heterocycles. The van der Waals surface area contributed by atoms with Crippen molar-refractivity contribution in [1.29, 1.82) is 0 Å². The molecule has 1 heterocycles. The maximum atomic E-state index is 12.3. The number of pyridine rings is 1. The van der Waals surface area contributed by atoms with E-state index >= 15 is 0 Å². The number of methoxy groups -OCH3 is 1. The number of benzene rings is 1. The highest BCUT2D eigenvalue weighted by molar-refractivity contribution is 5.94. The number of aromatic nitrogens is 1. The van der Waals surface area contributed by atoms with Crippen LogP contribution in [0.5, 0.6) is 11.6 Å². The van der Waals surface area contributed by atoms with Gasteiger partial charge >= 0.3 is 0 Å². The Morgan fingerprint density at radius 1 is 1.24 bits per heavy atom. The zero-order chi connectivity index (χ0) is 17.5. The molecule has 5 heteroatoms. The average molecular weight is 340 g/mol. The molecule has 1 amide bonds. The number of carbonyl (C=O) groups excluding carboxylic acids is 1. The Bertz CT molecular complexity index is 712. The molecule has 3 rings (SSSR count). The standard InChI is InChI=1S/C20H24N2O3/c1-24-18-8-4-5-15(13-18)9-11-22-20(23)16-10-12-21-19(14-16)25-17-6-2-3-7-17/h4-5,8,10,12-14,17H,2-3,6-7,9,11H2,1H3,(H,22,23). The molecule has 1 fully saturated rings. The number of carbonyl (C=O) groups is 1. The summed E-state index contributed by atoms with van der Waals surface area (Å²) in [6, 6.07) is 11.3. The number of nitrogens with one attached hydrogen (secondary N) is 1. The van der Waals surface area contributed by atoms with Gasteiger partial charge in [-0.05, 0) is 55.9 Å². The number of hydrogen-bond donors (Lipinski definition) is 1. The fourth-order valence-electron chi connectivity index (χ4n) is 3.04. The van der Waals surface area contributed by atoms with E-state index in [4.69, 9.17) is 9.47 Å². The molecule has 0 unspecified atom stereocenters. The molecule has 5 nitrogen and oxygen atoms in total. The van der Waals surface area contributed by atoms with Crippen molar-refractivity contribution in [3.05, 3.63) is 53.7 Å². The zero-order valence-corrected chi connectivity index (χ0v) is 14.5. The first-order valence-corrected chi connectivity index (χ1v) is 8.78. The highest BCUT2D eigenvalue weighted by atomic mass is 16.5. The summed E-state index contributed by atoms with van der Waals surface area (Å²) in [5, 5.41) is 2.94. The molecule has 1 aromatic heterocycles. The predicted octanol–water partition coefficient (Wildman–Crippen LogP) is 3.38. The van der Waals surface area contributed by atoms with E-state index in [9.17, 15) is 4.79 Å². The maximum absolute atomic E-state index is 12.3.